The van der Waals surface area contributed by atoms with Crippen LogP contribution in [0.15, 0.2) is 48.5 Å². The number of anilines is 1. The molecule has 0 fully saturated rings. The van der Waals surface area contributed by atoms with Crippen LogP contribution >= 0.6 is 11.6 Å². The fourth-order valence-corrected chi connectivity index (χ4v) is 3.97. The third-order valence-corrected chi connectivity index (χ3v) is 5.96. The fraction of sp³-hybridized carbons (Fsp3) is 0.320. The van der Waals surface area contributed by atoms with E-state index in [4.69, 9.17) is 16.3 Å². The molecule has 0 saturated heterocycles. The van der Waals surface area contributed by atoms with Gasteiger partial charge in [-0.2, -0.15) is 4.98 Å². The van der Waals surface area contributed by atoms with Crippen molar-refractivity contribution < 1.29 is 32.2 Å². The Morgan fingerprint density at radius 1 is 1.08 bits per heavy atom. The Balaban J connectivity index is 1.79. The molecule has 0 bridgehead atoms. The summed E-state index contributed by atoms with van der Waals surface area (Å²) in [5.74, 6) is -1.10. The lowest BCUT2D eigenvalue weighted by Gasteiger charge is -2.21. The summed E-state index contributed by atoms with van der Waals surface area (Å²) in [5, 5.41) is 0.526. The molecule has 37 heavy (non-hydrogen) atoms. The number of aromatic nitrogens is 2. The molecule has 2 aromatic carbocycles. The molecule has 0 spiro atoms. The number of halogens is 4. The molecule has 0 unspecified atom stereocenters. The van der Waals surface area contributed by atoms with Crippen molar-refractivity contribution in [2.45, 2.75) is 32.7 Å². The van der Waals surface area contributed by atoms with Gasteiger partial charge in [-0.15, -0.1) is 13.2 Å². The van der Waals surface area contributed by atoms with E-state index in [0.29, 0.717) is 18.0 Å². The van der Waals surface area contributed by atoms with Crippen LogP contribution in [0.5, 0.6) is 17.5 Å². The molecule has 0 saturated carbocycles. The van der Waals surface area contributed by atoms with Crippen LogP contribution in [0.3, 0.4) is 0 Å². The van der Waals surface area contributed by atoms with Gasteiger partial charge < -0.3 is 14.4 Å². The van der Waals surface area contributed by atoms with Gasteiger partial charge in [0.2, 0.25) is 5.91 Å². The van der Waals surface area contributed by atoms with Crippen molar-refractivity contribution in [2.24, 2.45) is 0 Å². The number of rotatable bonds is 8. The molecule has 0 radical (unpaired) electrons. The van der Waals surface area contributed by atoms with Gasteiger partial charge in [0, 0.05) is 24.7 Å². The molecule has 2 amide bonds. The number of hydrogen-bond acceptors (Lipinski definition) is 5. The highest BCUT2D eigenvalue weighted by molar-refractivity contribution is 6.30. The maximum absolute atomic E-state index is 13.6. The van der Waals surface area contributed by atoms with Crippen molar-refractivity contribution in [1.29, 1.82) is 0 Å². The van der Waals surface area contributed by atoms with Gasteiger partial charge in [0.1, 0.15) is 18.0 Å². The minimum absolute atomic E-state index is 0.00327. The van der Waals surface area contributed by atoms with Crippen molar-refractivity contribution in [1.82, 2.24) is 14.5 Å². The van der Waals surface area contributed by atoms with Crippen molar-refractivity contribution in [3.05, 3.63) is 64.8 Å². The third-order valence-electron chi connectivity index (χ3n) is 5.71. The predicted molar refractivity (Wildman–Crippen MR) is 130 cm³/mol. The number of fused-ring (bicyclic) bond motifs is 1. The van der Waals surface area contributed by atoms with Gasteiger partial charge >= 0.3 is 12.4 Å². The van der Waals surface area contributed by atoms with Crippen LogP contribution in [-0.4, -0.2) is 52.8 Å². The average Bonchev–Trinajstić information content (AvgIpc) is 3.14. The number of likely N-dealkylation sites (N-methyl/N-ethyl adjacent to an activating group) is 1. The second kappa shape index (κ2) is 10.7. The average molecular weight is 537 g/mol. The number of imidazole rings is 1. The zero-order chi connectivity index (χ0) is 26.7. The maximum Gasteiger partial charge on any atom is 0.573 e. The molecule has 3 aromatic rings. The van der Waals surface area contributed by atoms with Gasteiger partial charge in [0.25, 0.3) is 5.91 Å². The van der Waals surface area contributed by atoms with Gasteiger partial charge in [0.15, 0.2) is 11.5 Å². The first kappa shape index (κ1) is 26.3. The zero-order valence-corrected chi connectivity index (χ0v) is 20.8. The van der Waals surface area contributed by atoms with Crippen molar-refractivity contribution in [3.63, 3.8) is 0 Å². The molecule has 8 nitrogen and oxygen atoms in total. The first-order chi connectivity index (χ1) is 17.6. The normalized spacial score (nSPS) is 14.0. The van der Waals surface area contributed by atoms with E-state index in [1.165, 1.54) is 33.5 Å². The Kier molecular flexibility index (Phi) is 7.63. The summed E-state index contributed by atoms with van der Waals surface area (Å²) in [5.41, 5.74) is 0.895. The summed E-state index contributed by atoms with van der Waals surface area (Å²) in [4.78, 5) is 33.7. The van der Waals surface area contributed by atoms with E-state index in [1.807, 2.05) is 6.92 Å². The number of ether oxygens (including phenoxy) is 2. The molecule has 0 aliphatic carbocycles. The van der Waals surface area contributed by atoms with Crippen LogP contribution in [0.2, 0.25) is 5.02 Å². The number of carbonyl (C=O) groups is 2. The van der Waals surface area contributed by atoms with Crippen LogP contribution in [0.1, 0.15) is 35.8 Å². The lowest BCUT2D eigenvalue weighted by atomic mass is 10.2. The quantitative estimate of drug-likeness (QED) is 0.380. The molecular weight excluding hydrogens is 513 g/mol. The Labute approximate surface area is 216 Å². The monoisotopic (exact) mass is 536 g/mol. The smallest absolute Gasteiger partial charge is 0.425 e. The topological polar surface area (TPSA) is 76.9 Å². The minimum Gasteiger partial charge on any atom is -0.425 e. The summed E-state index contributed by atoms with van der Waals surface area (Å²) in [7, 11) is 1.51. The number of amides is 2. The Bertz CT molecular complexity index is 1290. The minimum atomic E-state index is -4.87. The number of alkyl halides is 3. The number of benzene rings is 2. The lowest BCUT2D eigenvalue weighted by Crippen LogP contribution is -2.39. The number of nitrogens with zero attached hydrogens (tertiary/aromatic N) is 4. The summed E-state index contributed by atoms with van der Waals surface area (Å²) in [6, 6.07) is 11.8. The van der Waals surface area contributed by atoms with Gasteiger partial charge in [-0.1, -0.05) is 43.1 Å². The largest absolute Gasteiger partial charge is 0.573 e. The number of unbranched alkanes of at least 4 members (excludes halogenated alkanes) is 1. The van der Waals surface area contributed by atoms with Gasteiger partial charge in [-0.25, -0.2) is 0 Å². The maximum atomic E-state index is 13.6. The fourth-order valence-electron chi connectivity index (χ4n) is 3.84. The molecule has 4 rings (SSSR count). The molecule has 1 aromatic heterocycles. The van der Waals surface area contributed by atoms with Crippen molar-refractivity contribution in [2.75, 3.05) is 25.0 Å². The first-order valence-electron chi connectivity index (χ1n) is 11.5. The summed E-state index contributed by atoms with van der Waals surface area (Å²) in [6.07, 6.45) is -3.34. The van der Waals surface area contributed by atoms with Crippen LogP contribution < -0.4 is 14.4 Å². The van der Waals surface area contributed by atoms with Gasteiger partial charge in [-0.05, 0) is 36.2 Å². The van der Waals surface area contributed by atoms with E-state index in [-0.39, 0.29) is 42.3 Å². The second-order valence-electron chi connectivity index (χ2n) is 8.44. The van der Waals surface area contributed by atoms with Crippen LogP contribution in [0.25, 0.3) is 0 Å². The molecule has 0 atom stereocenters. The number of hydrogen-bond donors (Lipinski definition) is 0. The van der Waals surface area contributed by atoms with Crippen molar-refractivity contribution >= 4 is 29.2 Å². The molecule has 12 heteroatoms. The van der Waals surface area contributed by atoms with E-state index in [2.05, 4.69) is 9.72 Å². The van der Waals surface area contributed by atoms with E-state index in [9.17, 15) is 22.8 Å². The predicted octanol–water partition coefficient (Wildman–Crippen LogP) is 5.49. The second-order valence-corrected chi connectivity index (χ2v) is 8.87. The van der Waals surface area contributed by atoms with E-state index >= 15 is 0 Å². The highest BCUT2D eigenvalue weighted by Gasteiger charge is 2.36. The van der Waals surface area contributed by atoms with Crippen LogP contribution in [-0.2, 0) is 11.3 Å². The van der Waals surface area contributed by atoms with E-state index in [1.54, 1.807) is 24.3 Å². The summed E-state index contributed by atoms with van der Waals surface area (Å²) >= 11 is 6.01. The number of carbonyl (C=O) groups excluding carboxylic acids is 2. The Hall–Kier alpha value is -3.73. The molecule has 0 N–H and O–H groups in total. The zero-order valence-electron chi connectivity index (χ0n) is 20.1. The lowest BCUT2D eigenvalue weighted by molar-refractivity contribution is -0.274. The molecular formula is C25H24ClF3N4O4. The highest BCUT2D eigenvalue weighted by Crippen LogP contribution is 2.34. The Morgan fingerprint density at radius 3 is 2.46 bits per heavy atom. The van der Waals surface area contributed by atoms with Crippen molar-refractivity contribution in [3.8, 4) is 17.5 Å². The summed E-state index contributed by atoms with van der Waals surface area (Å²) < 4.78 is 49.5. The van der Waals surface area contributed by atoms with Gasteiger partial charge in [-0.3, -0.25) is 19.1 Å². The van der Waals surface area contributed by atoms with Gasteiger partial charge in [0.05, 0.1) is 6.54 Å². The van der Waals surface area contributed by atoms with Crippen LogP contribution in [0, 0.1) is 0 Å². The van der Waals surface area contributed by atoms with Crippen LogP contribution in [0.4, 0.5) is 19.0 Å². The highest BCUT2D eigenvalue weighted by atomic mass is 35.5. The van der Waals surface area contributed by atoms with E-state index < -0.39 is 18.0 Å². The molecule has 2 heterocycles. The third kappa shape index (κ3) is 6.16. The standard InChI is InChI=1S/C25H24ClF3N4O4/c1-3-4-12-32-15-20(34)31(2)22-21(23(32)35)33(14-16-8-10-17(26)11-9-16)24(30-22)36-18-6-5-7-19(13-18)37-25(27,28)29/h5-11,13H,3-4,12,14-15H2,1-2H3. The molecule has 1 aliphatic heterocycles. The Morgan fingerprint density at radius 2 is 1.78 bits per heavy atom. The molecule has 1 aliphatic rings. The molecule has 196 valence electrons. The SMILES string of the molecule is CCCCN1CC(=O)N(C)c2nc(Oc3cccc(OC(F)(F)F)c3)n(Cc3ccc(Cl)cc3)c2C1=O. The first-order valence-corrected chi connectivity index (χ1v) is 11.9. The summed E-state index contributed by atoms with van der Waals surface area (Å²) in [6.45, 7) is 2.39. The van der Waals surface area contributed by atoms with E-state index in [0.717, 1.165) is 24.1 Å².